The van der Waals surface area contributed by atoms with E-state index in [1.807, 2.05) is 35.7 Å². The summed E-state index contributed by atoms with van der Waals surface area (Å²) >= 11 is 1.62. The van der Waals surface area contributed by atoms with Crippen LogP contribution in [-0.4, -0.2) is 41.6 Å². The van der Waals surface area contributed by atoms with Crippen LogP contribution in [0.15, 0.2) is 41.8 Å². The van der Waals surface area contributed by atoms with Gasteiger partial charge < -0.3 is 14.4 Å². The number of fused-ring (bicyclic) bond motifs is 1. The molecule has 1 fully saturated rings. The molecule has 2 aromatic rings. The highest BCUT2D eigenvalue weighted by molar-refractivity contribution is 7.09. The number of benzene rings is 1. The molecule has 0 bridgehead atoms. The first kappa shape index (κ1) is 18.2. The number of nitrogens with zero attached hydrogens (tertiary/aromatic N) is 1. The van der Waals surface area contributed by atoms with Crippen molar-refractivity contribution < 1.29 is 19.1 Å². The Kier molecular flexibility index (Phi) is 5.02. The van der Waals surface area contributed by atoms with Crippen molar-refractivity contribution in [2.24, 2.45) is 0 Å². The quantitative estimate of drug-likeness (QED) is 0.740. The van der Waals surface area contributed by atoms with Gasteiger partial charge in [0.1, 0.15) is 0 Å². The van der Waals surface area contributed by atoms with Gasteiger partial charge in [-0.25, -0.2) is 4.79 Å². The highest BCUT2D eigenvalue weighted by Gasteiger charge is 2.45. The molecular weight excluding hydrogens is 362 g/mol. The van der Waals surface area contributed by atoms with Gasteiger partial charge in [-0.3, -0.25) is 4.79 Å². The Labute approximate surface area is 162 Å². The summed E-state index contributed by atoms with van der Waals surface area (Å²) < 4.78 is 11.4. The summed E-state index contributed by atoms with van der Waals surface area (Å²) in [5.41, 5.74) is 0.214. The van der Waals surface area contributed by atoms with E-state index in [1.165, 1.54) is 0 Å². The van der Waals surface area contributed by atoms with Crippen molar-refractivity contribution >= 4 is 23.2 Å². The van der Waals surface area contributed by atoms with E-state index in [4.69, 9.17) is 9.47 Å². The van der Waals surface area contributed by atoms with E-state index in [-0.39, 0.29) is 12.0 Å². The minimum absolute atomic E-state index is 0.0455. The lowest BCUT2D eigenvalue weighted by atomic mass is 9.88. The Morgan fingerprint density at radius 3 is 2.89 bits per heavy atom. The first-order chi connectivity index (χ1) is 13.0. The molecular formula is C21H23NO4S. The third-order valence-corrected chi connectivity index (χ3v) is 6.06. The fourth-order valence-corrected chi connectivity index (χ4v) is 4.55. The van der Waals surface area contributed by atoms with Gasteiger partial charge >= 0.3 is 5.97 Å². The molecule has 27 heavy (non-hydrogen) atoms. The second-order valence-electron chi connectivity index (χ2n) is 7.35. The molecule has 2 atom stereocenters. The van der Waals surface area contributed by atoms with E-state index in [2.05, 4.69) is 0 Å². The van der Waals surface area contributed by atoms with Gasteiger partial charge in [0.05, 0.1) is 18.2 Å². The van der Waals surface area contributed by atoms with Crippen molar-refractivity contribution in [3.63, 3.8) is 0 Å². The van der Waals surface area contributed by atoms with Crippen LogP contribution < -0.4 is 0 Å². The third kappa shape index (κ3) is 3.77. The van der Waals surface area contributed by atoms with Gasteiger partial charge in [-0.1, -0.05) is 24.3 Å². The van der Waals surface area contributed by atoms with Crippen LogP contribution in [0, 0.1) is 0 Å². The fraction of sp³-hybridized carbons (Fsp3) is 0.429. The zero-order chi connectivity index (χ0) is 18.9. The van der Waals surface area contributed by atoms with Crippen molar-refractivity contribution in [3.8, 4) is 0 Å². The van der Waals surface area contributed by atoms with E-state index in [9.17, 15) is 9.59 Å². The number of carbonyl (C=O) groups excluding carboxylic acids is 2. The van der Waals surface area contributed by atoms with Gasteiger partial charge in [-0.15, -0.1) is 11.3 Å². The Hall–Kier alpha value is -2.18. The molecule has 2 unspecified atom stereocenters. The maximum atomic E-state index is 13.5. The van der Waals surface area contributed by atoms with Crippen LogP contribution >= 0.6 is 11.3 Å². The molecule has 0 saturated carbocycles. The van der Waals surface area contributed by atoms with Crippen molar-refractivity contribution in [2.45, 2.75) is 44.4 Å². The normalized spacial score (nSPS) is 24.3. The van der Waals surface area contributed by atoms with E-state index in [0.717, 1.165) is 29.9 Å². The third-order valence-electron chi connectivity index (χ3n) is 5.20. The number of hydrogen-bond donors (Lipinski definition) is 0. The predicted molar refractivity (Wildman–Crippen MR) is 103 cm³/mol. The number of ether oxygens (including phenoxy) is 2. The van der Waals surface area contributed by atoms with Crippen molar-refractivity contribution in [1.29, 1.82) is 0 Å². The van der Waals surface area contributed by atoms with Crippen LogP contribution in [0.1, 0.15) is 40.6 Å². The van der Waals surface area contributed by atoms with Gasteiger partial charge in [0.2, 0.25) is 0 Å². The Morgan fingerprint density at radius 2 is 2.15 bits per heavy atom. The summed E-state index contributed by atoms with van der Waals surface area (Å²) in [7, 11) is 0. The smallest absolute Gasteiger partial charge is 0.339 e. The Balaban J connectivity index is 1.58. The summed E-state index contributed by atoms with van der Waals surface area (Å²) in [5, 5.41) is 2.00. The number of esters is 1. The second kappa shape index (κ2) is 7.44. The molecule has 4 rings (SSSR count). The zero-order valence-corrected chi connectivity index (χ0v) is 16.2. The van der Waals surface area contributed by atoms with E-state index in [1.54, 1.807) is 29.2 Å². The molecule has 1 aromatic carbocycles. The second-order valence-corrected chi connectivity index (χ2v) is 8.39. The lowest BCUT2D eigenvalue weighted by Crippen LogP contribution is -2.54. The molecule has 6 heteroatoms. The molecule has 1 amide bonds. The minimum atomic E-state index is -1.19. The number of cyclic esters (lactones) is 1. The molecule has 0 N–H and O–H groups in total. The van der Waals surface area contributed by atoms with Gasteiger partial charge in [0.15, 0.2) is 5.60 Å². The summed E-state index contributed by atoms with van der Waals surface area (Å²) in [6, 6.07) is 11.3. The number of carbonyl (C=O) groups is 2. The van der Waals surface area contributed by atoms with Gasteiger partial charge in [-0.2, -0.15) is 0 Å². The average Bonchev–Trinajstić information content (AvgIpc) is 3.34. The standard InChI is InChI=1S/C21H23NO4S/c1-21(12-15-6-2-3-9-18(15)19(23)26-21)20(24)22(13-16-7-4-10-25-16)14-17-8-5-11-27-17/h2-3,5-6,8-9,11,16H,4,7,10,12-14H2,1H3. The highest BCUT2D eigenvalue weighted by atomic mass is 32.1. The molecule has 3 heterocycles. The largest absolute Gasteiger partial charge is 0.445 e. The van der Waals surface area contributed by atoms with Crippen molar-refractivity contribution in [1.82, 2.24) is 4.90 Å². The lowest BCUT2D eigenvalue weighted by Gasteiger charge is -2.37. The van der Waals surface area contributed by atoms with E-state index in [0.29, 0.717) is 25.1 Å². The van der Waals surface area contributed by atoms with Crippen molar-refractivity contribution in [2.75, 3.05) is 13.2 Å². The SMILES string of the molecule is CC1(C(=O)N(Cc2cccs2)CC2CCCO2)Cc2ccccc2C(=O)O1. The molecule has 5 nitrogen and oxygen atoms in total. The molecule has 0 radical (unpaired) electrons. The predicted octanol–water partition coefficient (Wildman–Crippen LogP) is 3.43. The monoisotopic (exact) mass is 385 g/mol. The van der Waals surface area contributed by atoms with E-state index >= 15 is 0 Å². The van der Waals surface area contributed by atoms with Crippen LogP contribution in [0.2, 0.25) is 0 Å². The molecule has 2 aliphatic heterocycles. The number of rotatable bonds is 5. The van der Waals surface area contributed by atoms with Crippen LogP contribution in [0.4, 0.5) is 0 Å². The zero-order valence-electron chi connectivity index (χ0n) is 15.3. The molecule has 142 valence electrons. The number of amides is 1. The average molecular weight is 385 g/mol. The Bertz CT molecular complexity index is 828. The van der Waals surface area contributed by atoms with Crippen LogP contribution in [-0.2, 0) is 27.2 Å². The van der Waals surface area contributed by atoms with Crippen LogP contribution in [0.5, 0.6) is 0 Å². The summed E-state index contributed by atoms with van der Waals surface area (Å²) in [6.07, 6.45) is 2.41. The first-order valence-electron chi connectivity index (χ1n) is 9.30. The Morgan fingerprint density at radius 1 is 1.30 bits per heavy atom. The molecule has 1 aromatic heterocycles. The number of thiophene rings is 1. The first-order valence-corrected chi connectivity index (χ1v) is 10.2. The lowest BCUT2D eigenvalue weighted by molar-refractivity contribution is -0.153. The fourth-order valence-electron chi connectivity index (χ4n) is 3.83. The van der Waals surface area contributed by atoms with Crippen LogP contribution in [0.3, 0.4) is 0 Å². The van der Waals surface area contributed by atoms with Gasteiger partial charge in [-0.05, 0) is 42.8 Å². The summed E-state index contributed by atoms with van der Waals surface area (Å²) in [6.45, 7) is 3.49. The van der Waals surface area contributed by atoms with E-state index < -0.39 is 11.6 Å². The summed E-state index contributed by atoms with van der Waals surface area (Å²) in [5.74, 6) is -0.588. The maximum absolute atomic E-state index is 13.5. The molecule has 0 aliphatic carbocycles. The van der Waals surface area contributed by atoms with Crippen molar-refractivity contribution in [3.05, 3.63) is 57.8 Å². The summed E-state index contributed by atoms with van der Waals surface area (Å²) in [4.78, 5) is 28.9. The minimum Gasteiger partial charge on any atom is -0.445 e. The molecule has 2 aliphatic rings. The molecule has 1 saturated heterocycles. The number of hydrogen-bond acceptors (Lipinski definition) is 5. The highest BCUT2D eigenvalue weighted by Crippen LogP contribution is 2.31. The van der Waals surface area contributed by atoms with Crippen LogP contribution in [0.25, 0.3) is 0 Å². The van der Waals surface area contributed by atoms with Gasteiger partial charge in [0, 0.05) is 24.4 Å². The topological polar surface area (TPSA) is 55.8 Å². The molecule has 0 spiro atoms. The van der Waals surface area contributed by atoms with Gasteiger partial charge in [0.25, 0.3) is 5.91 Å². The maximum Gasteiger partial charge on any atom is 0.339 e.